The Morgan fingerprint density at radius 3 is 2.29 bits per heavy atom. The van der Waals surface area contributed by atoms with Gasteiger partial charge in [-0.25, -0.2) is 0 Å². The highest BCUT2D eigenvalue weighted by Crippen LogP contribution is 2.43. The molecule has 1 aromatic heterocycles. The van der Waals surface area contributed by atoms with Gasteiger partial charge in [-0.2, -0.15) is 0 Å². The number of amides is 3. The first kappa shape index (κ1) is 27.8. The Morgan fingerprint density at radius 1 is 1.08 bits per heavy atom. The van der Waals surface area contributed by atoms with Gasteiger partial charge in [0.25, 0.3) is 5.91 Å². The molecule has 0 unspecified atom stereocenters. The Morgan fingerprint density at radius 2 is 1.71 bits per heavy atom. The molecule has 38 heavy (non-hydrogen) atoms. The molecule has 9 nitrogen and oxygen atoms in total. The van der Waals surface area contributed by atoms with Crippen molar-refractivity contribution in [2.45, 2.75) is 90.8 Å². The molecule has 2 aromatic rings. The van der Waals surface area contributed by atoms with Gasteiger partial charge in [-0.05, 0) is 38.2 Å². The van der Waals surface area contributed by atoms with Crippen molar-refractivity contribution >= 4 is 34.3 Å². The summed E-state index contributed by atoms with van der Waals surface area (Å²) in [6, 6.07) is 3.70. The fourth-order valence-corrected chi connectivity index (χ4v) is 5.80. The van der Waals surface area contributed by atoms with Crippen molar-refractivity contribution in [3.05, 3.63) is 17.8 Å². The second kappa shape index (κ2) is 11.3. The molecule has 2 aliphatic rings. The molecule has 1 aliphatic carbocycles. The van der Waals surface area contributed by atoms with Crippen molar-refractivity contribution in [2.24, 2.45) is 5.92 Å². The Bertz CT molecular complexity index is 1210. The van der Waals surface area contributed by atoms with E-state index in [9.17, 15) is 14.4 Å². The zero-order chi connectivity index (χ0) is 27.6. The predicted molar refractivity (Wildman–Crippen MR) is 148 cm³/mol. The molecule has 1 aromatic carbocycles. The molecule has 9 heteroatoms. The third kappa shape index (κ3) is 5.20. The number of anilines is 1. The molecule has 2 heterocycles. The van der Waals surface area contributed by atoms with E-state index < -0.39 is 5.54 Å². The first-order valence-electron chi connectivity index (χ1n) is 13.8. The van der Waals surface area contributed by atoms with Crippen LogP contribution in [0.2, 0.25) is 0 Å². The average molecular weight is 527 g/mol. The zero-order valence-electron chi connectivity index (χ0n) is 23.6. The highest BCUT2D eigenvalue weighted by atomic mass is 16.5. The minimum atomic E-state index is -1.10. The molecule has 1 atom stereocenters. The molecule has 0 spiro atoms. The van der Waals surface area contributed by atoms with E-state index in [-0.39, 0.29) is 30.3 Å². The van der Waals surface area contributed by atoms with E-state index in [0.717, 1.165) is 32.1 Å². The molecule has 2 N–H and O–H groups in total. The van der Waals surface area contributed by atoms with Gasteiger partial charge in [0.15, 0.2) is 11.5 Å². The standard InChI is InChI=1S/C29H42N4O5/c1-18(2)13-14-33-27(35)26-25(30-19(3)34)21-15-23(37-5)24(38-6)16-22(21)32(26)17-29(33,4)28(36)31-20-11-9-7-8-10-12-20/h15-16,18,20H,7-14,17H2,1-6H3,(H,30,34)(H,31,36)/t29-/m0/s1. The lowest BCUT2D eigenvalue weighted by Crippen LogP contribution is -2.65. The summed E-state index contributed by atoms with van der Waals surface area (Å²) in [5, 5.41) is 6.86. The quantitative estimate of drug-likeness (QED) is 0.485. The highest BCUT2D eigenvalue weighted by molar-refractivity contribution is 6.15. The number of nitrogens with zero attached hydrogens (tertiary/aromatic N) is 2. The molecule has 1 fully saturated rings. The molecule has 0 radical (unpaired) electrons. The molecule has 3 amide bonds. The summed E-state index contributed by atoms with van der Waals surface area (Å²) in [5.74, 6) is 0.675. The molecule has 1 saturated carbocycles. The third-order valence-corrected chi connectivity index (χ3v) is 7.99. The maximum absolute atomic E-state index is 14.3. The highest BCUT2D eigenvalue weighted by Gasteiger charge is 2.49. The summed E-state index contributed by atoms with van der Waals surface area (Å²) in [7, 11) is 3.10. The Balaban J connectivity index is 1.86. The number of ether oxygens (including phenoxy) is 2. The van der Waals surface area contributed by atoms with E-state index in [1.165, 1.54) is 19.8 Å². The Kier molecular flexibility index (Phi) is 8.23. The Labute approximate surface area is 225 Å². The van der Waals surface area contributed by atoms with Crippen LogP contribution in [-0.4, -0.2) is 59.5 Å². The fraction of sp³-hybridized carbons (Fsp3) is 0.621. The van der Waals surface area contributed by atoms with Crippen LogP contribution in [0.3, 0.4) is 0 Å². The van der Waals surface area contributed by atoms with Crippen LogP contribution in [0.15, 0.2) is 12.1 Å². The minimum Gasteiger partial charge on any atom is -0.493 e. The number of hydrogen-bond donors (Lipinski definition) is 2. The van der Waals surface area contributed by atoms with E-state index in [1.807, 2.05) is 17.6 Å². The minimum absolute atomic E-state index is 0.117. The van der Waals surface area contributed by atoms with Crippen molar-refractivity contribution in [1.82, 2.24) is 14.8 Å². The van der Waals surface area contributed by atoms with Crippen LogP contribution in [0.25, 0.3) is 10.9 Å². The summed E-state index contributed by atoms with van der Waals surface area (Å²) in [5.41, 5.74) is 0.401. The topological polar surface area (TPSA) is 102 Å². The summed E-state index contributed by atoms with van der Waals surface area (Å²) in [4.78, 5) is 42.3. The molecular weight excluding hydrogens is 484 g/mol. The third-order valence-electron chi connectivity index (χ3n) is 7.99. The van der Waals surface area contributed by atoms with Gasteiger partial charge in [-0.3, -0.25) is 14.4 Å². The van der Waals surface area contributed by atoms with Crippen molar-refractivity contribution in [2.75, 3.05) is 26.1 Å². The lowest BCUT2D eigenvalue weighted by molar-refractivity contribution is -0.133. The zero-order valence-corrected chi connectivity index (χ0v) is 23.6. The summed E-state index contributed by atoms with van der Waals surface area (Å²) < 4.78 is 12.9. The lowest BCUT2D eigenvalue weighted by Gasteiger charge is -2.45. The van der Waals surface area contributed by atoms with E-state index in [2.05, 4.69) is 24.5 Å². The molecular formula is C29H42N4O5. The maximum atomic E-state index is 14.3. The van der Waals surface area contributed by atoms with E-state index >= 15 is 0 Å². The molecule has 1 aliphatic heterocycles. The summed E-state index contributed by atoms with van der Waals surface area (Å²) in [6.45, 7) is 8.20. The van der Waals surface area contributed by atoms with Crippen LogP contribution >= 0.6 is 0 Å². The predicted octanol–water partition coefficient (Wildman–Crippen LogP) is 4.72. The number of methoxy groups -OCH3 is 2. The molecule has 208 valence electrons. The van der Waals surface area contributed by atoms with Crippen LogP contribution in [0.1, 0.15) is 83.1 Å². The van der Waals surface area contributed by atoms with E-state index in [4.69, 9.17) is 9.47 Å². The first-order chi connectivity index (χ1) is 18.1. The number of carbonyl (C=O) groups is 3. The van der Waals surface area contributed by atoms with Gasteiger partial charge in [-0.1, -0.05) is 39.5 Å². The van der Waals surface area contributed by atoms with E-state index in [0.29, 0.717) is 46.2 Å². The number of aromatic nitrogens is 1. The van der Waals surface area contributed by atoms with Crippen molar-refractivity contribution < 1.29 is 23.9 Å². The summed E-state index contributed by atoms with van der Waals surface area (Å²) in [6.07, 6.45) is 7.27. The number of benzene rings is 1. The fourth-order valence-electron chi connectivity index (χ4n) is 5.80. The Hall–Kier alpha value is -3.23. The van der Waals surface area contributed by atoms with Crippen LogP contribution in [-0.2, 0) is 16.1 Å². The van der Waals surface area contributed by atoms with Crippen molar-refractivity contribution in [1.29, 1.82) is 0 Å². The number of rotatable bonds is 8. The van der Waals surface area contributed by atoms with Gasteiger partial charge >= 0.3 is 0 Å². The number of fused-ring (bicyclic) bond motifs is 3. The summed E-state index contributed by atoms with van der Waals surface area (Å²) >= 11 is 0. The van der Waals surface area contributed by atoms with Crippen molar-refractivity contribution in [3.63, 3.8) is 0 Å². The number of hydrogen-bond acceptors (Lipinski definition) is 5. The molecule has 0 bridgehead atoms. The first-order valence-corrected chi connectivity index (χ1v) is 13.8. The van der Waals surface area contributed by atoms with Crippen LogP contribution < -0.4 is 20.1 Å². The van der Waals surface area contributed by atoms with Gasteiger partial charge in [0.1, 0.15) is 11.2 Å². The van der Waals surface area contributed by atoms with Gasteiger partial charge < -0.3 is 29.6 Å². The van der Waals surface area contributed by atoms with Gasteiger partial charge in [0, 0.05) is 31.0 Å². The average Bonchev–Trinajstić information content (AvgIpc) is 3.01. The number of nitrogens with one attached hydrogen (secondary N) is 2. The number of carbonyl (C=O) groups excluding carboxylic acids is 3. The van der Waals surface area contributed by atoms with Crippen LogP contribution in [0, 0.1) is 5.92 Å². The van der Waals surface area contributed by atoms with Gasteiger partial charge in [0.05, 0.1) is 32.0 Å². The largest absolute Gasteiger partial charge is 0.493 e. The van der Waals surface area contributed by atoms with Crippen LogP contribution in [0.4, 0.5) is 5.69 Å². The second-order valence-electron chi connectivity index (χ2n) is 11.3. The maximum Gasteiger partial charge on any atom is 0.273 e. The normalized spacial score (nSPS) is 20.3. The van der Waals surface area contributed by atoms with Gasteiger partial charge in [-0.15, -0.1) is 0 Å². The van der Waals surface area contributed by atoms with E-state index in [1.54, 1.807) is 25.2 Å². The lowest BCUT2D eigenvalue weighted by atomic mass is 9.92. The SMILES string of the molecule is COc1cc2c(NC(C)=O)c3n(c2cc1OC)C[C@@](C)(C(=O)NC1CCCCCC1)N(CCC(C)C)C3=O. The van der Waals surface area contributed by atoms with Crippen molar-refractivity contribution in [3.8, 4) is 11.5 Å². The molecule has 0 saturated heterocycles. The van der Waals surface area contributed by atoms with Gasteiger partial charge in [0.2, 0.25) is 11.8 Å². The smallest absolute Gasteiger partial charge is 0.273 e. The monoisotopic (exact) mass is 526 g/mol. The second-order valence-corrected chi connectivity index (χ2v) is 11.3. The van der Waals surface area contributed by atoms with Crippen LogP contribution in [0.5, 0.6) is 11.5 Å². The molecule has 4 rings (SSSR count).